The molecule has 0 atom stereocenters. The van der Waals surface area contributed by atoms with Crippen LogP contribution in [0.25, 0.3) is 0 Å². The van der Waals surface area contributed by atoms with Gasteiger partial charge in [0.25, 0.3) is 5.91 Å². The highest BCUT2D eigenvalue weighted by molar-refractivity contribution is 6.04. The third-order valence-electron chi connectivity index (χ3n) is 2.94. The molecule has 0 fully saturated rings. The van der Waals surface area contributed by atoms with Crippen molar-refractivity contribution in [2.24, 2.45) is 0 Å². The number of amides is 1. The van der Waals surface area contributed by atoms with Gasteiger partial charge in [0.1, 0.15) is 6.29 Å². The number of carbonyl (C=O) groups is 2. The predicted molar refractivity (Wildman–Crippen MR) is 75.6 cm³/mol. The molecule has 0 aromatic heterocycles. The zero-order valence-electron chi connectivity index (χ0n) is 10.7. The van der Waals surface area contributed by atoms with E-state index in [-0.39, 0.29) is 5.91 Å². The highest BCUT2D eigenvalue weighted by Gasteiger charge is 2.07. The summed E-state index contributed by atoms with van der Waals surface area (Å²) < 4.78 is 0. The van der Waals surface area contributed by atoms with Crippen LogP contribution in [0, 0.1) is 0 Å². The van der Waals surface area contributed by atoms with Gasteiger partial charge >= 0.3 is 0 Å². The van der Waals surface area contributed by atoms with Crippen molar-refractivity contribution in [2.45, 2.75) is 13.3 Å². The van der Waals surface area contributed by atoms with Crippen LogP contribution in [-0.2, 0) is 6.42 Å². The van der Waals surface area contributed by atoms with Gasteiger partial charge in [0.15, 0.2) is 0 Å². The second kappa shape index (κ2) is 5.96. The average molecular weight is 253 g/mol. The SMILES string of the molecule is CCc1cc(NC(=O)c2ccccc2)ccc1C=O. The number of carbonyl (C=O) groups excluding carboxylic acids is 2. The number of aryl methyl sites for hydroxylation is 1. The Morgan fingerprint density at radius 3 is 2.53 bits per heavy atom. The van der Waals surface area contributed by atoms with Gasteiger partial charge in [-0.3, -0.25) is 9.59 Å². The van der Waals surface area contributed by atoms with Crippen LogP contribution in [0.5, 0.6) is 0 Å². The molecule has 0 unspecified atom stereocenters. The third kappa shape index (κ3) is 3.07. The van der Waals surface area contributed by atoms with Gasteiger partial charge in [-0.15, -0.1) is 0 Å². The molecule has 3 heteroatoms. The summed E-state index contributed by atoms with van der Waals surface area (Å²) in [6.45, 7) is 1.98. The van der Waals surface area contributed by atoms with Crippen LogP contribution in [-0.4, -0.2) is 12.2 Å². The molecule has 0 radical (unpaired) electrons. The molecule has 2 aromatic carbocycles. The summed E-state index contributed by atoms with van der Waals surface area (Å²) in [7, 11) is 0. The summed E-state index contributed by atoms with van der Waals surface area (Å²) in [5.41, 5.74) is 2.91. The van der Waals surface area contributed by atoms with Gasteiger partial charge in [0.05, 0.1) is 0 Å². The number of rotatable bonds is 4. The lowest BCUT2D eigenvalue weighted by Crippen LogP contribution is -2.12. The largest absolute Gasteiger partial charge is 0.322 e. The van der Waals surface area contributed by atoms with Crippen molar-refractivity contribution in [2.75, 3.05) is 5.32 Å². The summed E-state index contributed by atoms with van der Waals surface area (Å²) in [4.78, 5) is 22.8. The van der Waals surface area contributed by atoms with Crippen molar-refractivity contribution in [3.63, 3.8) is 0 Å². The normalized spacial score (nSPS) is 9.95. The zero-order chi connectivity index (χ0) is 13.7. The smallest absolute Gasteiger partial charge is 0.255 e. The zero-order valence-corrected chi connectivity index (χ0v) is 10.7. The lowest BCUT2D eigenvalue weighted by atomic mass is 10.1. The van der Waals surface area contributed by atoms with E-state index in [1.165, 1.54) is 0 Å². The van der Waals surface area contributed by atoms with E-state index < -0.39 is 0 Å². The minimum absolute atomic E-state index is 0.151. The van der Waals surface area contributed by atoms with E-state index in [0.717, 1.165) is 18.3 Å². The fraction of sp³-hybridized carbons (Fsp3) is 0.125. The van der Waals surface area contributed by atoms with Crippen LogP contribution >= 0.6 is 0 Å². The van der Waals surface area contributed by atoms with E-state index in [1.54, 1.807) is 24.3 Å². The van der Waals surface area contributed by atoms with E-state index in [0.29, 0.717) is 16.8 Å². The number of anilines is 1. The van der Waals surface area contributed by atoms with Crippen molar-refractivity contribution in [1.29, 1.82) is 0 Å². The first-order valence-electron chi connectivity index (χ1n) is 6.19. The molecule has 2 rings (SSSR count). The minimum Gasteiger partial charge on any atom is -0.322 e. The van der Waals surface area contributed by atoms with Crippen LogP contribution in [0.3, 0.4) is 0 Å². The predicted octanol–water partition coefficient (Wildman–Crippen LogP) is 3.31. The lowest BCUT2D eigenvalue weighted by molar-refractivity contribution is 0.102. The quantitative estimate of drug-likeness (QED) is 0.850. The van der Waals surface area contributed by atoms with Crippen molar-refractivity contribution in [3.8, 4) is 0 Å². The Morgan fingerprint density at radius 1 is 1.16 bits per heavy atom. The van der Waals surface area contributed by atoms with Crippen molar-refractivity contribution in [1.82, 2.24) is 0 Å². The van der Waals surface area contributed by atoms with Crippen LogP contribution in [0.2, 0.25) is 0 Å². The summed E-state index contributed by atoms with van der Waals surface area (Å²) in [5.74, 6) is -0.151. The summed E-state index contributed by atoms with van der Waals surface area (Å²) in [5, 5.41) is 2.83. The van der Waals surface area contributed by atoms with E-state index >= 15 is 0 Å². The second-order valence-corrected chi connectivity index (χ2v) is 4.21. The van der Waals surface area contributed by atoms with Gasteiger partial charge in [-0.25, -0.2) is 0 Å². The molecule has 96 valence electrons. The van der Waals surface area contributed by atoms with Gasteiger partial charge in [0.2, 0.25) is 0 Å². The number of aldehydes is 1. The fourth-order valence-electron chi connectivity index (χ4n) is 1.90. The van der Waals surface area contributed by atoms with Crippen LogP contribution in [0.4, 0.5) is 5.69 Å². The lowest BCUT2D eigenvalue weighted by Gasteiger charge is -2.08. The molecule has 2 aromatic rings. The van der Waals surface area contributed by atoms with Crippen LogP contribution in [0.1, 0.15) is 33.2 Å². The molecule has 19 heavy (non-hydrogen) atoms. The van der Waals surface area contributed by atoms with Gasteiger partial charge in [-0.2, -0.15) is 0 Å². The molecule has 0 aliphatic heterocycles. The molecule has 1 N–H and O–H groups in total. The van der Waals surface area contributed by atoms with E-state index in [1.807, 2.05) is 31.2 Å². The van der Waals surface area contributed by atoms with Crippen molar-refractivity contribution in [3.05, 3.63) is 65.2 Å². The van der Waals surface area contributed by atoms with E-state index in [9.17, 15) is 9.59 Å². The molecule has 0 saturated heterocycles. The molecule has 0 bridgehead atoms. The number of nitrogens with one attached hydrogen (secondary N) is 1. The van der Waals surface area contributed by atoms with Gasteiger partial charge in [-0.1, -0.05) is 25.1 Å². The number of hydrogen-bond donors (Lipinski definition) is 1. The van der Waals surface area contributed by atoms with Crippen molar-refractivity contribution >= 4 is 17.9 Å². The molecule has 3 nitrogen and oxygen atoms in total. The van der Waals surface area contributed by atoms with Gasteiger partial charge in [-0.05, 0) is 42.3 Å². The number of benzene rings is 2. The molecule has 1 amide bonds. The average Bonchev–Trinajstić information content (AvgIpc) is 2.48. The molecular formula is C16H15NO2. The van der Waals surface area contributed by atoms with Crippen molar-refractivity contribution < 1.29 is 9.59 Å². The summed E-state index contributed by atoms with van der Waals surface area (Å²) in [6.07, 6.45) is 1.59. The summed E-state index contributed by atoms with van der Waals surface area (Å²) in [6, 6.07) is 14.3. The molecule has 0 aliphatic rings. The monoisotopic (exact) mass is 253 g/mol. The first kappa shape index (κ1) is 13.0. The Bertz CT molecular complexity index is 591. The third-order valence-corrected chi connectivity index (χ3v) is 2.94. The molecule has 0 aliphatic carbocycles. The molecule has 0 spiro atoms. The maximum atomic E-state index is 12.0. The Hall–Kier alpha value is -2.42. The molecular weight excluding hydrogens is 238 g/mol. The van der Waals surface area contributed by atoms with Crippen LogP contribution in [0.15, 0.2) is 48.5 Å². The Balaban J connectivity index is 2.20. The maximum absolute atomic E-state index is 12.0. The van der Waals surface area contributed by atoms with Gasteiger partial charge < -0.3 is 5.32 Å². The number of hydrogen-bond acceptors (Lipinski definition) is 2. The second-order valence-electron chi connectivity index (χ2n) is 4.21. The Labute approximate surface area is 112 Å². The van der Waals surface area contributed by atoms with Gasteiger partial charge in [0, 0.05) is 16.8 Å². The highest BCUT2D eigenvalue weighted by atomic mass is 16.1. The van der Waals surface area contributed by atoms with E-state index in [2.05, 4.69) is 5.32 Å². The van der Waals surface area contributed by atoms with E-state index in [4.69, 9.17) is 0 Å². The minimum atomic E-state index is -0.151. The topological polar surface area (TPSA) is 46.2 Å². The summed E-state index contributed by atoms with van der Waals surface area (Å²) >= 11 is 0. The Kier molecular flexibility index (Phi) is 4.08. The first-order valence-corrected chi connectivity index (χ1v) is 6.19. The standard InChI is InChI=1S/C16H15NO2/c1-2-12-10-15(9-8-14(12)11-18)17-16(19)13-6-4-3-5-7-13/h3-11H,2H2,1H3,(H,17,19). The molecule has 0 saturated carbocycles. The molecule has 0 heterocycles. The first-order chi connectivity index (χ1) is 9.24. The highest BCUT2D eigenvalue weighted by Crippen LogP contribution is 2.16. The fourth-order valence-corrected chi connectivity index (χ4v) is 1.90. The maximum Gasteiger partial charge on any atom is 0.255 e. The van der Waals surface area contributed by atoms with Crippen LogP contribution < -0.4 is 5.32 Å². The Morgan fingerprint density at radius 2 is 1.89 bits per heavy atom.